The minimum atomic E-state index is 0.0412. The van der Waals surface area contributed by atoms with Crippen molar-refractivity contribution in [2.45, 2.75) is 69.9 Å². The molecule has 0 spiro atoms. The standard InChI is InChI=1S/C16H24BrN3O/c1-3-16(4-2)10-12(7-8-21-16)18-14-9-13(17)19-15(20-14)11-5-6-11/h9,11-12H,3-8,10H2,1-2H3,(H,18,19,20). The maximum atomic E-state index is 6.05. The minimum absolute atomic E-state index is 0.0412. The Morgan fingerprint density at radius 3 is 2.71 bits per heavy atom. The summed E-state index contributed by atoms with van der Waals surface area (Å²) in [6.07, 6.45) is 6.69. The lowest BCUT2D eigenvalue weighted by molar-refractivity contribution is -0.0864. The van der Waals surface area contributed by atoms with E-state index in [4.69, 9.17) is 9.72 Å². The summed E-state index contributed by atoms with van der Waals surface area (Å²) >= 11 is 3.51. The summed E-state index contributed by atoms with van der Waals surface area (Å²) in [5.74, 6) is 2.51. The summed E-state index contributed by atoms with van der Waals surface area (Å²) in [4.78, 5) is 9.19. The molecule has 1 aliphatic carbocycles. The average Bonchev–Trinajstić information content (AvgIpc) is 3.31. The van der Waals surface area contributed by atoms with Gasteiger partial charge in [0, 0.05) is 24.6 Å². The zero-order valence-electron chi connectivity index (χ0n) is 12.9. The first-order valence-corrected chi connectivity index (χ1v) is 8.88. The summed E-state index contributed by atoms with van der Waals surface area (Å²) in [6, 6.07) is 2.42. The lowest BCUT2D eigenvalue weighted by Gasteiger charge is -2.40. The van der Waals surface area contributed by atoms with Gasteiger partial charge in [0.15, 0.2) is 0 Å². The van der Waals surface area contributed by atoms with Crippen LogP contribution in [-0.4, -0.2) is 28.2 Å². The summed E-state index contributed by atoms with van der Waals surface area (Å²) in [5, 5.41) is 3.61. The van der Waals surface area contributed by atoms with Gasteiger partial charge in [-0.3, -0.25) is 0 Å². The number of nitrogens with one attached hydrogen (secondary N) is 1. The molecule has 1 saturated heterocycles. The second-order valence-corrected chi connectivity index (χ2v) is 7.09. The van der Waals surface area contributed by atoms with Gasteiger partial charge in [-0.1, -0.05) is 13.8 Å². The first-order chi connectivity index (χ1) is 10.1. The van der Waals surface area contributed by atoms with Crippen molar-refractivity contribution >= 4 is 21.7 Å². The molecule has 1 saturated carbocycles. The second kappa shape index (κ2) is 6.21. The van der Waals surface area contributed by atoms with E-state index in [1.165, 1.54) is 12.8 Å². The van der Waals surface area contributed by atoms with E-state index in [0.29, 0.717) is 12.0 Å². The monoisotopic (exact) mass is 353 g/mol. The summed E-state index contributed by atoms with van der Waals surface area (Å²) in [6.45, 7) is 5.28. The van der Waals surface area contributed by atoms with Crippen molar-refractivity contribution in [3.8, 4) is 0 Å². The molecule has 2 fully saturated rings. The maximum Gasteiger partial charge on any atom is 0.135 e. The molecule has 1 atom stereocenters. The number of nitrogens with zero attached hydrogens (tertiary/aromatic N) is 2. The maximum absolute atomic E-state index is 6.05. The Bertz CT molecular complexity index is 500. The molecule has 1 aromatic rings. The van der Waals surface area contributed by atoms with Crippen molar-refractivity contribution in [2.75, 3.05) is 11.9 Å². The van der Waals surface area contributed by atoms with E-state index >= 15 is 0 Å². The van der Waals surface area contributed by atoms with Gasteiger partial charge in [-0.25, -0.2) is 9.97 Å². The largest absolute Gasteiger partial charge is 0.375 e. The molecule has 21 heavy (non-hydrogen) atoms. The van der Waals surface area contributed by atoms with Gasteiger partial charge in [0.05, 0.1) is 5.60 Å². The van der Waals surface area contributed by atoms with Gasteiger partial charge in [-0.15, -0.1) is 0 Å². The van der Waals surface area contributed by atoms with E-state index < -0.39 is 0 Å². The van der Waals surface area contributed by atoms with E-state index in [1.54, 1.807) is 0 Å². The third-order valence-electron chi connectivity index (χ3n) is 4.79. The van der Waals surface area contributed by atoms with Crippen LogP contribution in [0.25, 0.3) is 0 Å². The van der Waals surface area contributed by atoms with Gasteiger partial charge in [0.1, 0.15) is 16.2 Å². The van der Waals surface area contributed by atoms with Gasteiger partial charge in [-0.05, 0) is 54.5 Å². The van der Waals surface area contributed by atoms with Crippen LogP contribution in [0.3, 0.4) is 0 Å². The van der Waals surface area contributed by atoms with Crippen molar-refractivity contribution in [3.63, 3.8) is 0 Å². The fourth-order valence-electron chi connectivity index (χ4n) is 3.14. The summed E-state index contributed by atoms with van der Waals surface area (Å²) in [7, 11) is 0. The first kappa shape index (κ1) is 15.2. The third kappa shape index (κ3) is 3.57. The molecule has 5 heteroatoms. The molecule has 0 amide bonds. The van der Waals surface area contributed by atoms with Gasteiger partial charge in [0.25, 0.3) is 0 Å². The van der Waals surface area contributed by atoms with Gasteiger partial charge in [0.2, 0.25) is 0 Å². The van der Waals surface area contributed by atoms with Crippen LogP contribution in [0.5, 0.6) is 0 Å². The molecule has 4 nitrogen and oxygen atoms in total. The summed E-state index contributed by atoms with van der Waals surface area (Å²) < 4.78 is 6.93. The molecule has 3 rings (SSSR count). The Morgan fingerprint density at radius 1 is 1.29 bits per heavy atom. The van der Waals surface area contributed by atoms with Crippen LogP contribution < -0.4 is 5.32 Å². The molecule has 0 aromatic carbocycles. The third-order valence-corrected chi connectivity index (χ3v) is 5.19. The number of rotatable bonds is 5. The fraction of sp³-hybridized carbons (Fsp3) is 0.750. The summed E-state index contributed by atoms with van der Waals surface area (Å²) in [5.41, 5.74) is 0.0412. The highest BCUT2D eigenvalue weighted by Crippen LogP contribution is 2.39. The van der Waals surface area contributed by atoms with Gasteiger partial charge >= 0.3 is 0 Å². The highest BCUT2D eigenvalue weighted by atomic mass is 79.9. The van der Waals surface area contributed by atoms with E-state index in [1.807, 2.05) is 6.07 Å². The van der Waals surface area contributed by atoms with Crippen LogP contribution >= 0.6 is 15.9 Å². The van der Waals surface area contributed by atoms with Crippen molar-refractivity contribution in [1.29, 1.82) is 0 Å². The predicted octanol–water partition coefficient (Wildman–Crippen LogP) is 4.27. The second-order valence-electron chi connectivity index (χ2n) is 6.28. The molecule has 116 valence electrons. The van der Waals surface area contributed by atoms with E-state index in [2.05, 4.69) is 40.1 Å². The topological polar surface area (TPSA) is 47.0 Å². The van der Waals surface area contributed by atoms with Gasteiger partial charge in [-0.2, -0.15) is 0 Å². The number of halogens is 1. The number of anilines is 1. The quantitative estimate of drug-likeness (QED) is 0.803. The highest BCUT2D eigenvalue weighted by molar-refractivity contribution is 9.10. The van der Waals surface area contributed by atoms with Crippen LogP contribution in [0.1, 0.15) is 64.1 Å². The molecule has 1 aromatic heterocycles. The minimum Gasteiger partial charge on any atom is -0.375 e. The van der Waals surface area contributed by atoms with Crippen LogP contribution in [-0.2, 0) is 4.74 Å². The van der Waals surface area contributed by atoms with E-state index in [9.17, 15) is 0 Å². The van der Waals surface area contributed by atoms with Crippen LogP contribution in [0.15, 0.2) is 10.7 Å². The van der Waals surface area contributed by atoms with Crippen molar-refractivity contribution in [2.24, 2.45) is 0 Å². The van der Waals surface area contributed by atoms with Gasteiger partial charge < -0.3 is 10.1 Å². The molecule has 1 N–H and O–H groups in total. The van der Waals surface area contributed by atoms with Crippen LogP contribution in [0, 0.1) is 0 Å². The predicted molar refractivity (Wildman–Crippen MR) is 87.6 cm³/mol. The molecule has 0 bridgehead atoms. The van der Waals surface area contributed by atoms with Crippen molar-refractivity contribution in [1.82, 2.24) is 9.97 Å². The molecule has 0 radical (unpaired) electrons. The van der Waals surface area contributed by atoms with Crippen LogP contribution in [0.4, 0.5) is 5.82 Å². The fourth-order valence-corrected chi connectivity index (χ4v) is 3.53. The average molecular weight is 354 g/mol. The van der Waals surface area contributed by atoms with E-state index in [0.717, 1.165) is 48.5 Å². The Kier molecular flexibility index (Phi) is 4.50. The molecule has 2 heterocycles. The van der Waals surface area contributed by atoms with Crippen molar-refractivity contribution < 1.29 is 4.74 Å². The molecule has 1 aliphatic heterocycles. The normalized spacial score (nSPS) is 24.8. The Labute approximate surface area is 135 Å². The Hall–Kier alpha value is -0.680. The first-order valence-electron chi connectivity index (χ1n) is 8.09. The molecular formula is C16H24BrN3O. The number of hydrogen-bond acceptors (Lipinski definition) is 4. The Morgan fingerprint density at radius 2 is 2.05 bits per heavy atom. The highest BCUT2D eigenvalue weighted by Gasteiger charge is 2.35. The smallest absolute Gasteiger partial charge is 0.135 e. The molecule has 1 unspecified atom stereocenters. The molecule has 2 aliphatic rings. The number of ether oxygens (including phenoxy) is 1. The number of aromatic nitrogens is 2. The zero-order valence-corrected chi connectivity index (χ0v) is 14.4. The SMILES string of the molecule is CCC1(CC)CC(Nc2cc(Br)nc(C3CC3)n2)CCO1. The van der Waals surface area contributed by atoms with E-state index in [-0.39, 0.29) is 5.60 Å². The number of hydrogen-bond donors (Lipinski definition) is 1. The lowest BCUT2D eigenvalue weighted by atomic mass is 9.86. The zero-order chi connectivity index (χ0) is 14.9. The lowest BCUT2D eigenvalue weighted by Crippen LogP contribution is -2.43. The van der Waals surface area contributed by atoms with Crippen molar-refractivity contribution in [3.05, 3.63) is 16.5 Å². The van der Waals surface area contributed by atoms with Crippen LogP contribution in [0.2, 0.25) is 0 Å². The molecular weight excluding hydrogens is 330 g/mol. The Balaban J connectivity index is 1.71.